The minimum Gasteiger partial charge on any atom is -0.392 e. The second kappa shape index (κ2) is 8.49. The smallest absolute Gasteiger partial charge is 0.194 e. The lowest BCUT2D eigenvalue weighted by Gasteiger charge is -2.68. The van der Waals surface area contributed by atoms with Crippen molar-refractivity contribution in [1.29, 1.82) is 0 Å². The number of hydrogen-bond donors (Lipinski definition) is 2. The summed E-state index contributed by atoms with van der Waals surface area (Å²) in [6, 6.07) is 10.1. The molecule has 5 fully saturated rings. The number of benzene rings is 1. The van der Waals surface area contributed by atoms with Crippen molar-refractivity contribution in [3.05, 3.63) is 29.8 Å². The van der Waals surface area contributed by atoms with Crippen LogP contribution in [0.15, 0.2) is 24.3 Å². The van der Waals surface area contributed by atoms with Crippen molar-refractivity contribution < 1.29 is 14.7 Å². The fourth-order valence-electron chi connectivity index (χ4n) is 10.4. The number of unbranched alkanes of at least 4 members (excludes halogenated alkanes) is 7. The summed E-state index contributed by atoms with van der Waals surface area (Å²) in [6.07, 6.45) is 13.4. The van der Waals surface area contributed by atoms with Crippen LogP contribution in [0.4, 0.5) is 5.69 Å². The highest BCUT2D eigenvalue weighted by Gasteiger charge is 2.82. The lowest BCUT2D eigenvalue weighted by atomic mass is 9.60. The van der Waals surface area contributed by atoms with Crippen LogP contribution in [0.2, 0.25) is 0 Å². The third-order valence-corrected chi connectivity index (χ3v) is 11.5. The molecule has 4 nitrogen and oxygen atoms in total. The van der Waals surface area contributed by atoms with Gasteiger partial charge < -0.3 is 15.1 Å². The molecule has 1 aliphatic carbocycles. The number of aliphatic hydroxyl groups excluding tert-OH is 2. The third kappa shape index (κ3) is 2.77. The predicted molar refractivity (Wildman–Crippen MR) is 138 cm³/mol. The zero-order chi connectivity index (χ0) is 23.7. The van der Waals surface area contributed by atoms with E-state index in [2.05, 4.69) is 50.1 Å². The molecule has 34 heavy (non-hydrogen) atoms. The van der Waals surface area contributed by atoms with Crippen LogP contribution in [0.5, 0.6) is 0 Å². The molecule has 0 amide bonds. The molecule has 1 spiro atoms. The van der Waals surface area contributed by atoms with E-state index < -0.39 is 0 Å². The van der Waals surface area contributed by atoms with E-state index in [-0.39, 0.29) is 17.7 Å². The topological polar surface area (TPSA) is 43.7 Å². The van der Waals surface area contributed by atoms with Crippen molar-refractivity contribution in [2.24, 2.45) is 17.8 Å². The minimum atomic E-state index is -0.274. The number of fused-ring (bicyclic) bond motifs is 2. The zero-order valence-corrected chi connectivity index (χ0v) is 21.7. The second-order valence-corrected chi connectivity index (χ2v) is 12.6. The Kier molecular flexibility index (Phi) is 5.82. The summed E-state index contributed by atoms with van der Waals surface area (Å²) >= 11 is 0. The van der Waals surface area contributed by atoms with Gasteiger partial charge in [-0.2, -0.15) is 0 Å². The molecule has 5 unspecified atom stereocenters. The Labute approximate surface area is 206 Å². The van der Waals surface area contributed by atoms with Gasteiger partial charge >= 0.3 is 0 Å². The summed E-state index contributed by atoms with van der Waals surface area (Å²) in [5.74, 6) is 1.17. The monoisotopic (exact) mass is 467 g/mol. The first-order valence-electron chi connectivity index (χ1n) is 14.6. The van der Waals surface area contributed by atoms with Gasteiger partial charge in [0.05, 0.1) is 30.1 Å². The summed E-state index contributed by atoms with van der Waals surface area (Å²) < 4.78 is 0.900. The Morgan fingerprint density at radius 1 is 0.971 bits per heavy atom. The number of aliphatic hydroxyl groups is 2. The number of anilines is 1. The van der Waals surface area contributed by atoms with Gasteiger partial charge in [-0.05, 0) is 36.8 Å². The van der Waals surface area contributed by atoms with E-state index in [1.807, 2.05) is 0 Å². The lowest BCUT2D eigenvalue weighted by molar-refractivity contribution is -1.04. The molecule has 1 aromatic rings. The van der Waals surface area contributed by atoms with Crippen LogP contribution < -0.4 is 4.90 Å². The van der Waals surface area contributed by atoms with Crippen LogP contribution in [-0.4, -0.2) is 58.7 Å². The number of quaternary nitrogens is 1. The van der Waals surface area contributed by atoms with Gasteiger partial charge in [0.25, 0.3) is 0 Å². The Morgan fingerprint density at radius 3 is 2.41 bits per heavy atom. The molecule has 5 aliphatic heterocycles. The fraction of sp³-hybridized carbons (Fsp3) is 0.800. The van der Waals surface area contributed by atoms with Crippen LogP contribution >= 0.6 is 0 Å². The van der Waals surface area contributed by atoms with Gasteiger partial charge in [-0.15, -0.1) is 0 Å². The SMILES string of the molecule is CCCCCCCCCC[N+]12C3C[C@H](C4C(O)C5(C[C@@H]41)c1ccccc1N(C)[C@@H]35)[C@H](CC)[C@H]2O. The maximum Gasteiger partial charge on any atom is 0.194 e. The van der Waals surface area contributed by atoms with Crippen molar-refractivity contribution in [1.82, 2.24) is 0 Å². The zero-order valence-electron chi connectivity index (χ0n) is 21.7. The molecule has 0 aromatic heterocycles. The lowest BCUT2D eigenvalue weighted by Crippen LogP contribution is -2.83. The van der Waals surface area contributed by atoms with Gasteiger partial charge in [0.2, 0.25) is 0 Å². The number of likely N-dealkylation sites (N-methyl/N-ethyl adjacent to an activating group) is 1. The standard InChI is InChI=1S/C30H47N2O2/c1-4-6-7-8-9-10-11-14-17-32-24-18-21(20(5-2)29(32)34)26-25(32)19-30(28(26)33)22-15-12-13-16-23(22)31(3)27(24)30/h12-13,15-16,20-21,24-29,33-34H,4-11,14,17-19H2,1-3H3/q+1/t20-,21-,24?,25-,26?,27-,28?,29+,30?,32?/m0/s1. The van der Waals surface area contributed by atoms with E-state index in [1.165, 1.54) is 69.0 Å². The molecule has 188 valence electrons. The van der Waals surface area contributed by atoms with E-state index in [9.17, 15) is 10.2 Å². The largest absolute Gasteiger partial charge is 0.392 e. The summed E-state index contributed by atoms with van der Waals surface area (Å²) in [7, 11) is 2.27. The molecular weight excluding hydrogens is 420 g/mol. The Bertz CT molecular complexity index is 906. The van der Waals surface area contributed by atoms with E-state index in [0.717, 1.165) is 23.9 Å². The molecule has 6 aliphatic rings. The number of para-hydroxylation sites is 1. The molecule has 2 N–H and O–H groups in total. The van der Waals surface area contributed by atoms with Crippen molar-refractivity contribution in [2.45, 2.75) is 120 Å². The molecule has 4 heteroatoms. The van der Waals surface area contributed by atoms with Crippen LogP contribution in [0, 0.1) is 17.8 Å². The molecule has 5 heterocycles. The Hall–Kier alpha value is -1.10. The molecule has 10 atom stereocenters. The molecule has 7 rings (SSSR count). The average Bonchev–Trinajstić information content (AvgIpc) is 3.23. The fourth-order valence-corrected chi connectivity index (χ4v) is 10.4. The molecular formula is C30H47N2O2+. The summed E-state index contributed by atoms with van der Waals surface area (Å²) in [6.45, 7) is 5.66. The minimum absolute atomic E-state index is 0.135. The second-order valence-electron chi connectivity index (χ2n) is 12.6. The summed E-state index contributed by atoms with van der Waals surface area (Å²) in [4.78, 5) is 2.52. The van der Waals surface area contributed by atoms with Crippen LogP contribution in [0.25, 0.3) is 0 Å². The third-order valence-electron chi connectivity index (χ3n) is 11.5. The van der Waals surface area contributed by atoms with Crippen molar-refractivity contribution >= 4 is 5.69 Å². The molecule has 1 saturated carbocycles. The first kappa shape index (κ1) is 23.3. The molecule has 5 bridgehead atoms. The maximum atomic E-state index is 12.1. The average molecular weight is 468 g/mol. The van der Waals surface area contributed by atoms with Crippen molar-refractivity contribution in [3.63, 3.8) is 0 Å². The van der Waals surface area contributed by atoms with Crippen LogP contribution in [0.1, 0.15) is 90.0 Å². The van der Waals surface area contributed by atoms with Crippen molar-refractivity contribution in [2.75, 3.05) is 18.5 Å². The first-order chi connectivity index (χ1) is 16.5. The maximum absolute atomic E-state index is 12.1. The quantitative estimate of drug-likeness (QED) is 0.367. The van der Waals surface area contributed by atoms with Gasteiger partial charge in [0.15, 0.2) is 6.23 Å². The Balaban J connectivity index is 1.31. The summed E-state index contributed by atoms with van der Waals surface area (Å²) in [5.41, 5.74) is 2.58. The predicted octanol–water partition coefficient (Wildman–Crippen LogP) is 5.21. The van der Waals surface area contributed by atoms with Gasteiger partial charge in [-0.3, -0.25) is 4.48 Å². The van der Waals surface area contributed by atoms with Gasteiger partial charge in [0.1, 0.15) is 6.04 Å². The number of hydrogen-bond acceptors (Lipinski definition) is 3. The van der Waals surface area contributed by atoms with Gasteiger partial charge in [-0.1, -0.05) is 70.6 Å². The van der Waals surface area contributed by atoms with E-state index in [4.69, 9.17) is 0 Å². The highest BCUT2D eigenvalue weighted by molar-refractivity contribution is 5.66. The van der Waals surface area contributed by atoms with Crippen LogP contribution in [0.3, 0.4) is 0 Å². The molecule has 0 radical (unpaired) electrons. The van der Waals surface area contributed by atoms with E-state index in [1.54, 1.807) is 0 Å². The number of nitrogens with zero attached hydrogens (tertiary/aromatic N) is 2. The molecule has 4 saturated heterocycles. The first-order valence-corrected chi connectivity index (χ1v) is 14.6. The number of rotatable bonds is 10. The number of piperidine rings is 4. The van der Waals surface area contributed by atoms with E-state index in [0.29, 0.717) is 35.9 Å². The summed E-state index contributed by atoms with van der Waals surface area (Å²) in [5, 5.41) is 24.2. The highest BCUT2D eigenvalue weighted by atomic mass is 16.3. The molecule has 1 aromatic carbocycles. The normalized spacial score (nSPS) is 45.1. The van der Waals surface area contributed by atoms with E-state index >= 15 is 0 Å². The Morgan fingerprint density at radius 2 is 1.68 bits per heavy atom. The highest BCUT2D eigenvalue weighted by Crippen LogP contribution is 2.71. The van der Waals surface area contributed by atoms with Crippen molar-refractivity contribution in [3.8, 4) is 0 Å². The van der Waals surface area contributed by atoms with Gasteiger partial charge in [-0.25, -0.2) is 0 Å². The van der Waals surface area contributed by atoms with Crippen LogP contribution in [-0.2, 0) is 5.41 Å². The van der Waals surface area contributed by atoms with Gasteiger partial charge in [0, 0.05) is 37.4 Å².